The molecule has 192 valence electrons. The molecule has 1 fully saturated rings. The molecule has 1 aliphatic carbocycles. The summed E-state index contributed by atoms with van der Waals surface area (Å²) in [5.41, 5.74) is 7.96. The second kappa shape index (κ2) is 11.0. The van der Waals surface area contributed by atoms with Gasteiger partial charge < -0.3 is 15.4 Å². The van der Waals surface area contributed by atoms with Gasteiger partial charge in [-0.3, -0.25) is 15.4 Å². The largest absolute Gasteiger partial charge is 0.491 e. The van der Waals surface area contributed by atoms with E-state index in [-0.39, 0.29) is 24.0 Å². The van der Waals surface area contributed by atoms with E-state index in [1.807, 2.05) is 43.0 Å². The predicted molar refractivity (Wildman–Crippen MR) is 126 cm³/mol. The number of hydrogen-bond donors (Lipinski definition) is 3. The first-order valence-electron chi connectivity index (χ1n) is 11.9. The first-order valence-corrected chi connectivity index (χ1v) is 11.9. The van der Waals surface area contributed by atoms with Gasteiger partial charge in [-0.15, -0.1) is 5.92 Å². The normalized spacial score (nSPS) is 27.3. The molecule has 0 spiro atoms. The van der Waals surface area contributed by atoms with Crippen molar-refractivity contribution in [3.8, 4) is 11.8 Å². The van der Waals surface area contributed by atoms with E-state index in [0.717, 1.165) is 11.3 Å². The maximum Gasteiger partial charge on any atom is 0.491 e. The van der Waals surface area contributed by atoms with Crippen molar-refractivity contribution >= 4 is 17.6 Å². The minimum Gasteiger partial charge on any atom is -0.428 e. The standard InChI is InChI=1S/C25H33F3N4O3/c1-4-8-21(35-23(34)25(26,27)28)30-17-11-13-24(29,14-12-17)31-19-15-16(3)32(22(33)5-2)20-10-7-6-9-18(19)20/h6-7,9-10,16-17,19,21,30-31H,5,11-15,29H2,1-3H3/t16-,17?,19+,21?,24?/m0/s1. The Morgan fingerprint density at radius 1 is 1.29 bits per heavy atom. The fourth-order valence-electron chi connectivity index (χ4n) is 4.91. The molecule has 1 unspecified atom stereocenters. The van der Waals surface area contributed by atoms with Crippen molar-refractivity contribution in [3.05, 3.63) is 29.8 Å². The van der Waals surface area contributed by atoms with Crippen LogP contribution in [0.3, 0.4) is 0 Å². The van der Waals surface area contributed by atoms with Crippen molar-refractivity contribution in [2.24, 2.45) is 5.73 Å². The average Bonchev–Trinajstić information content (AvgIpc) is 2.80. The predicted octanol–water partition coefficient (Wildman–Crippen LogP) is 3.49. The molecular formula is C25H33F3N4O3. The molecule has 7 nitrogen and oxygen atoms in total. The molecule has 1 amide bonds. The van der Waals surface area contributed by atoms with Crippen LogP contribution in [-0.4, -0.2) is 42.0 Å². The number of para-hydroxylation sites is 1. The van der Waals surface area contributed by atoms with Crippen LogP contribution in [0.15, 0.2) is 24.3 Å². The van der Waals surface area contributed by atoms with Crippen LogP contribution in [-0.2, 0) is 14.3 Å². The molecule has 4 N–H and O–H groups in total. The van der Waals surface area contributed by atoms with Crippen molar-refractivity contribution in [1.29, 1.82) is 0 Å². The summed E-state index contributed by atoms with van der Waals surface area (Å²) in [7, 11) is 0. The fourth-order valence-corrected chi connectivity index (χ4v) is 4.91. The van der Waals surface area contributed by atoms with Crippen molar-refractivity contribution in [2.45, 2.75) is 95.5 Å². The molecule has 0 aromatic heterocycles. The molecule has 3 rings (SSSR count). The Labute approximate surface area is 203 Å². The number of hydrogen-bond acceptors (Lipinski definition) is 6. The Morgan fingerprint density at radius 3 is 2.54 bits per heavy atom. The maximum absolute atomic E-state index is 12.6. The molecule has 1 heterocycles. The summed E-state index contributed by atoms with van der Waals surface area (Å²) in [5, 5.41) is 6.50. The van der Waals surface area contributed by atoms with Crippen molar-refractivity contribution in [3.63, 3.8) is 0 Å². The molecule has 0 bridgehead atoms. The molecule has 1 aliphatic heterocycles. The van der Waals surface area contributed by atoms with E-state index < -0.39 is 24.0 Å². The van der Waals surface area contributed by atoms with E-state index in [9.17, 15) is 22.8 Å². The molecule has 0 radical (unpaired) electrons. The lowest BCUT2D eigenvalue weighted by molar-refractivity contribution is -0.204. The number of fused-ring (bicyclic) bond motifs is 1. The number of alkyl halides is 3. The molecule has 0 saturated heterocycles. The van der Waals surface area contributed by atoms with Crippen LogP contribution in [0.25, 0.3) is 0 Å². The highest BCUT2D eigenvalue weighted by atomic mass is 19.4. The summed E-state index contributed by atoms with van der Waals surface area (Å²) >= 11 is 0. The van der Waals surface area contributed by atoms with Crippen LogP contribution in [0.1, 0.15) is 70.9 Å². The van der Waals surface area contributed by atoms with Gasteiger partial charge in [0.2, 0.25) is 12.1 Å². The summed E-state index contributed by atoms with van der Waals surface area (Å²) in [6.07, 6.45) is -3.02. The quantitative estimate of drug-likeness (QED) is 0.318. The smallest absolute Gasteiger partial charge is 0.428 e. The molecule has 1 aromatic carbocycles. The van der Waals surface area contributed by atoms with Gasteiger partial charge in [0.1, 0.15) is 0 Å². The van der Waals surface area contributed by atoms with E-state index >= 15 is 0 Å². The lowest BCUT2D eigenvalue weighted by Gasteiger charge is -2.45. The number of carbonyl (C=O) groups excluding carboxylic acids is 2. The SMILES string of the molecule is CC#CC(NC1CCC(N)(N[C@@H]2C[C@H](C)N(C(=O)CC)c3ccccc32)CC1)OC(=O)C(F)(F)F. The highest BCUT2D eigenvalue weighted by Gasteiger charge is 2.43. The summed E-state index contributed by atoms with van der Waals surface area (Å²) in [6.45, 7) is 5.34. The number of carbonyl (C=O) groups is 2. The Kier molecular flexibility index (Phi) is 8.46. The van der Waals surface area contributed by atoms with Crippen LogP contribution in [0.5, 0.6) is 0 Å². The minimum atomic E-state index is -5.08. The van der Waals surface area contributed by atoms with E-state index in [0.29, 0.717) is 38.5 Å². The third-order valence-corrected chi connectivity index (χ3v) is 6.62. The number of nitrogens with zero attached hydrogens (tertiary/aromatic N) is 1. The van der Waals surface area contributed by atoms with Gasteiger partial charge >= 0.3 is 12.1 Å². The van der Waals surface area contributed by atoms with E-state index in [4.69, 9.17) is 5.73 Å². The van der Waals surface area contributed by atoms with Gasteiger partial charge in [-0.05, 0) is 63.5 Å². The Bertz CT molecular complexity index is 980. The third kappa shape index (κ3) is 6.54. The summed E-state index contributed by atoms with van der Waals surface area (Å²) in [5.74, 6) is 2.76. The summed E-state index contributed by atoms with van der Waals surface area (Å²) in [4.78, 5) is 25.6. The molecule has 3 atom stereocenters. The Balaban J connectivity index is 1.64. The zero-order valence-electron chi connectivity index (χ0n) is 20.2. The molecule has 1 aromatic rings. The number of esters is 1. The zero-order valence-corrected chi connectivity index (χ0v) is 20.2. The van der Waals surface area contributed by atoms with Crippen LogP contribution >= 0.6 is 0 Å². The van der Waals surface area contributed by atoms with Crippen LogP contribution in [0.2, 0.25) is 0 Å². The van der Waals surface area contributed by atoms with Crippen molar-refractivity contribution in [2.75, 3.05) is 4.90 Å². The molecule has 10 heteroatoms. The second-order valence-electron chi connectivity index (χ2n) is 9.23. The lowest BCUT2D eigenvalue weighted by Crippen LogP contribution is -2.60. The summed E-state index contributed by atoms with van der Waals surface area (Å²) in [6, 6.07) is 7.59. The number of benzene rings is 1. The highest BCUT2D eigenvalue weighted by Crippen LogP contribution is 2.39. The number of nitrogens with one attached hydrogen (secondary N) is 2. The third-order valence-electron chi connectivity index (χ3n) is 6.62. The van der Waals surface area contributed by atoms with Gasteiger partial charge in [-0.2, -0.15) is 13.2 Å². The van der Waals surface area contributed by atoms with Gasteiger partial charge in [0.25, 0.3) is 0 Å². The van der Waals surface area contributed by atoms with E-state index in [2.05, 4.69) is 27.2 Å². The van der Waals surface area contributed by atoms with Gasteiger partial charge in [0, 0.05) is 30.2 Å². The Morgan fingerprint density at radius 2 is 1.94 bits per heavy atom. The molecule has 2 aliphatic rings. The monoisotopic (exact) mass is 494 g/mol. The number of halogens is 3. The van der Waals surface area contributed by atoms with Gasteiger partial charge in [0.05, 0.1) is 5.66 Å². The van der Waals surface area contributed by atoms with Crippen LogP contribution < -0.4 is 21.3 Å². The molecular weight excluding hydrogens is 461 g/mol. The number of amides is 1. The Hall–Kier alpha value is -2.61. The first-order chi connectivity index (χ1) is 16.5. The van der Waals surface area contributed by atoms with E-state index in [1.165, 1.54) is 6.92 Å². The van der Waals surface area contributed by atoms with E-state index in [1.54, 1.807) is 0 Å². The van der Waals surface area contributed by atoms with Gasteiger partial charge in [-0.1, -0.05) is 25.1 Å². The van der Waals surface area contributed by atoms with Crippen molar-refractivity contribution in [1.82, 2.24) is 10.6 Å². The van der Waals surface area contributed by atoms with Crippen molar-refractivity contribution < 1.29 is 27.5 Å². The highest BCUT2D eigenvalue weighted by molar-refractivity contribution is 5.95. The van der Waals surface area contributed by atoms with Gasteiger partial charge in [0.15, 0.2) is 0 Å². The zero-order chi connectivity index (χ0) is 25.8. The summed E-state index contributed by atoms with van der Waals surface area (Å²) < 4.78 is 42.2. The van der Waals surface area contributed by atoms with Crippen LogP contribution in [0.4, 0.5) is 18.9 Å². The topological polar surface area (TPSA) is 96.7 Å². The van der Waals surface area contributed by atoms with Gasteiger partial charge in [-0.25, -0.2) is 4.79 Å². The van der Waals surface area contributed by atoms with Crippen LogP contribution in [0, 0.1) is 11.8 Å². The second-order valence-corrected chi connectivity index (χ2v) is 9.23. The number of anilines is 1. The molecule has 35 heavy (non-hydrogen) atoms. The minimum absolute atomic E-state index is 0.00755. The number of nitrogens with two attached hydrogens (primary N) is 1. The fraction of sp³-hybridized carbons (Fsp3) is 0.600. The number of rotatable bonds is 6. The average molecular weight is 495 g/mol. The lowest BCUT2D eigenvalue weighted by atomic mass is 9.83. The maximum atomic E-state index is 12.6. The number of ether oxygens (including phenoxy) is 1. The molecule has 1 saturated carbocycles. The first kappa shape index (κ1) is 27.0.